The maximum atomic E-state index is 13.2. The predicted octanol–water partition coefficient (Wildman–Crippen LogP) is 2.60. The van der Waals surface area contributed by atoms with E-state index in [-0.39, 0.29) is 5.82 Å². The minimum absolute atomic E-state index is 0.370. The molecular formula is C12H14ClFN2O. The summed E-state index contributed by atoms with van der Waals surface area (Å²) in [5, 5.41) is 3.89. The maximum Gasteiger partial charge on any atom is 0.227 e. The van der Waals surface area contributed by atoms with E-state index in [1.165, 1.54) is 12.1 Å². The summed E-state index contributed by atoms with van der Waals surface area (Å²) in [5.74, 6) is -0.370. The number of hydrogen-bond donors (Lipinski definition) is 1. The Labute approximate surface area is 105 Å². The van der Waals surface area contributed by atoms with Crippen LogP contribution in [0.25, 0.3) is 0 Å². The summed E-state index contributed by atoms with van der Waals surface area (Å²) in [7, 11) is 0. The van der Waals surface area contributed by atoms with E-state index in [1.807, 2.05) is 6.92 Å². The zero-order chi connectivity index (χ0) is 13.1. The second kappa shape index (κ2) is 5.27. The van der Waals surface area contributed by atoms with Gasteiger partial charge < -0.3 is 0 Å². The van der Waals surface area contributed by atoms with E-state index in [0.717, 1.165) is 5.56 Å². The number of nitrogens with one attached hydrogen (secondary N) is 1. The number of hydrazone groups is 1. The Morgan fingerprint density at radius 1 is 1.53 bits per heavy atom. The quantitative estimate of drug-likeness (QED) is 0.383. The fourth-order valence-electron chi connectivity index (χ4n) is 1.45. The molecule has 1 N–H and O–H groups in total. The van der Waals surface area contributed by atoms with Crippen molar-refractivity contribution in [2.45, 2.75) is 25.6 Å². The summed E-state index contributed by atoms with van der Waals surface area (Å²) in [4.78, 5) is 9.47. The van der Waals surface area contributed by atoms with E-state index in [9.17, 15) is 9.18 Å². The predicted molar refractivity (Wildman–Crippen MR) is 66.8 cm³/mol. The molecule has 1 rings (SSSR count). The van der Waals surface area contributed by atoms with Crippen molar-refractivity contribution in [3.8, 4) is 0 Å². The Balaban J connectivity index is 3.32. The fourth-order valence-corrected chi connectivity index (χ4v) is 1.60. The van der Waals surface area contributed by atoms with Gasteiger partial charge in [-0.15, -0.1) is 11.6 Å². The van der Waals surface area contributed by atoms with E-state index in [2.05, 4.69) is 10.5 Å². The lowest BCUT2D eigenvalue weighted by atomic mass is 9.95. The first-order chi connectivity index (χ1) is 7.86. The van der Waals surface area contributed by atoms with Crippen LogP contribution in [0.1, 0.15) is 25.0 Å². The van der Waals surface area contributed by atoms with Crippen LogP contribution in [-0.2, 0) is 4.79 Å². The number of carbonyl (C=O) groups is 1. The number of hydrogen-bond acceptors (Lipinski definition) is 2. The molecule has 3 nitrogen and oxygen atoms in total. The van der Waals surface area contributed by atoms with E-state index in [4.69, 9.17) is 11.6 Å². The number of benzene rings is 1. The van der Waals surface area contributed by atoms with Crippen molar-refractivity contribution in [2.24, 2.45) is 5.10 Å². The van der Waals surface area contributed by atoms with Gasteiger partial charge in [0, 0.05) is 5.56 Å². The van der Waals surface area contributed by atoms with Crippen molar-refractivity contribution in [3.63, 3.8) is 0 Å². The number of halogens is 2. The summed E-state index contributed by atoms with van der Waals surface area (Å²) in [6.07, 6.45) is 0.442. The van der Waals surface area contributed by atoms with Crippen LogP contribution in [0.15, 0.2) is 23.3 Å². The summed E-state index contributed by atoms with van der Waals surface area (Å²) in [6.45, 7) is 5.28. The third kappa shape index (κ3) is 3.53. The van der Waals surface area contributed by atoms with Crippen LogP contribution in [0, 0.1) is 12.7 Å². The molecule has 1 amide bonds. The number of carbonyl (C=O) groups excluding carboxylic acids is 1. The van der Waals surface area contributed by atoms with Crippen molar-refractivity contribution in [1.29, 1.82) is 0 Å². The summed E-state index contributed by atoms with van der Waals surface area (Å²) in [6, 6.07) is 4.36. The first kappa shape index (κ1) is 13.6. The molecule has 1 aromatic carbocycles. The highest BCUT2D eigenvalue weighted by atomic mass is 35.5. The summed E-state index contributed by atoms with van der Waals surface area (Å²) in [5.41, 5.74) is 4.04. The number of amides is 1. The molecule has 0 bridgehead atoms. The monoisotopic (exact) mass is 256 g/mol. The van der Waals surface area contributed by atoms with E-state index in [1.54, 1.807) is 19.9 Å². The first-order valence-electron chi connectivity index (χ1n) is 5.09. The molecule has 0 spiro atoms. The fraction of sp³-hybridized carbons (Fsp3) is 0.333. The topological polar surface area (TPSA) is 41.5 Å². The summed E-state index contributed by atoms with van der Waals surface area (Å²) < 4.78 is 13.2. The highest BCUT2D eigenvalue weighted by Crippen LogP contribution is 2.23. The molecule has 0 radical (unpaired) electrons. The first-order valence-corrected chi connectivity index (χ1v) is 5.47. The highest BCUT2D eigenvalue weighted by molar-refractivity contribution is 6.38. The van der Waals surface area contributed by atoms with Gasteiger partial charge in [0.25, 0.3) is 0 Å². The van der Waals surface area contributed by atoms with Gasteiger partial charge in [-0.3, -0.25) is 4.79 Å². The van der Waals surface area contributed by atoms with Gasteiger partial charge in [0.15, 0.2) is 0 Å². The van der Waals surface area contributed by atoms with Gasteiger partial charge in [0.05, 0.1) is 10.6 Å². The average molecular weight is 257 g/mol. The molecule has 0 aliphatic carbocycles. The number of aryl methyl sites for hydroxylation is 1. The molecule has 0 saturated heterocycles. The Hall–Kier alpha value is -1.42. The molecule has 0 saturated carbocycles. The van der Waals surface area contributed by atoms with Crippen LogP contribution in [0.3, 0.4) is 0 Å². The molecule has 0 heterocycles. The van der Waals surface area contributed by atoms with E-state index in [0.29, 0.717) is 17.7 Å². The van der Waals surface area contributed by atoms with E-state index < -0.39 is 4.87 Å². The molecule has 92 valence electrons. The normalized spacial score (nSPS) is 12.4. The van der Waals surface area contributed by atoms with Crippen LogP contribution in [0.2, 0.25) is 0 Å². The molecule has 0 aromatic heterocycles. The standard InChI is InChI=1S/C12H14ClFN2O/c1-8-4-5-9(14)6-10(8)11(12(2,3)13)16-15-7-17/h4-7H,1-3H3,(H,15,17). The van der Waals surface area contributed by atoms with Crippen molar-refractivity contribution >= 4 is 23.7 Å². The lowest BCUT2D eigenvalue weighted by Gasteiger charge is -2.20. The molecule has 0 aliphatic heterocycles. The second-order valence-electron chi connectivity index (χ2n) is 4.14. The lowest BCUT2D eigenvalue weighted by molar-refractivity contribution is -0.109. The van der Waals surface area contributed by atoms with Crippen molar-refractivity contribution in [1.82, 2.24) is 5.43 Å². The Bertz CT molecular complexity index is 452. The zero-order valence-corrected chi connectivity index (χ0v) is 10.7. The number of nitrogens with zero attached hydrogens (tertiary/aromatic N) is 1. The van der Waals surface area contributed by atoms with Gasteiger partial charge in [-0.2, -0.15) is 5.10 Å². The lowest BCUT2D eigenvalue weighted by Crippen LogP contribution is -2.29. The number of alkyl halides is 1. The maximum absolute atomic E-state index is 13.2. The molecule has 5 heteroatoms. The molecule has 1 aromatic rings. The highest BCUT2D eigenvalue weighted by Gasteiger charge is 2.25. The van der Waals surface area contributed by atoms with Crippen LogP contribution in [-0.4, -0.2) is 17.0 Å². The molecule has 17 heavy (non-hydrogen) atoms. The van der Waals surface area contributed by atoms with Crippen molar-refractivity contribution in [3.05, 3.63) is 35.1 Å². The third-order valence-electron chi connectivity index (χ3n) is 2.25. The molecule has 0 atom stereocenters. The minimum atomic E-state index is -0.811. The Kier molecular flexibility index (Phi) is 4.23. The van der Waals surface area contributed by atoms with Crippen molar-refractivity contribution in [2.75, 3.05) is 0 Å². The molecule has 0 unspecified atom stereocenters. The van der Waals surface area contributed by atoms with Gasteiger partial charge >= 0.3 is 0 Å². The minimum Gasteiger partial charge on any atom is -0.277 e. The largest absolute Gasteiger partial charge is 0.277 e. The SMILES string of the molecule is Cc1ccc(F)cc1C(=NNC=O)C(C)(C)Cl. The average Bonchev–Trinajstić information content (AvgIpc) is 2.21. The van der Waals surface area contributed by atoms with Crippen LogP contribution in [0.5, 0.6) is 0 Å². The Morgan fingerprint density at radius 3 is 2.71 bits per heavy atom. The summed E-state index contributed by atoms with van der Waals surface area (Å²) >= 11 is 6.18. The Morgan fingerprint density at radius 2 is 2.18 bits per heavy atom. The molecular weight excluding hydrogens is 243 g/mol. The van der Waals surface area contributed by atoms with Gasteiger partial charge in [0.2, 0.25) is 6.41 Å². The molecule has 0 aliphatic rings. The number of rotatable bonds is 4. The van der Waals surface area contributed by atoms with E-state index >= 15 is 0 Å². The van der Waals surface area contributed by atoms with Gasteiger partial charge in [-0.05, 0) is 38.5 Å². The van der Waals surface area contributed by atoms with Crippen molar-refractivity contribution < 1.29 is 9.18 Å². The van der Waals surface area contributed by atoms with Crippen LogP contribution in [0.4, 0.5) is 4.39 Å². The third-order valence-corrected chi connectivity index (χ3v) is 2.43. The van der Waals surface area contributed by atoms with Gasteiger partial charge in [-0.1, -0.05) is 6.07 Å². The zero-order valence-electron chi connectivity index (χ0n) is 9.92. The van der Waals surface area contributed by atoms with Crippen LogP contribution >= 0.6 is 11.6 Å². The van der Waals surface area contributed by atoms with Gasteiger partial charge in [0.1, 0.15) is 5.82 Å². The van der Waals surface area contributed by atoms with Crippen LogP contribution < -0.4 is 5.43 Å². The smallest absolute Gasteiger partial charge is 0.227 e. The second-order valence-corrected chi connectivity index (χ2v) is 5.08. The molecule has 0 fully saturated rings. The van der Waals surface area contributed by atoms with Gasteiger partial charge in [-0.25, -0.2) is 9.82 Å².